The highest BCUT2D eigenvalue weighted by Gasteiger charge is 2.41. The second-order valence-electron chi connectivity index (χ2n) is 5.03. The second-order valence-corrected chi connectivity index (χ2v) is 5.03. The van der Waals surface area contributed by atoms with Gasteiger partial charge in [-0.3, -0.25) is 0 Å². The summed E-state index contributed by atoms with van der Waals surface area (Å²) in [7, 11) is 0. The Hall–Kier alpha value is -2.13. The van der Waals surface area contributed by atoms with Crippen LogP contribution in [0.4, 0.5) is 0 Å². The maximum Gasteiger partial charge on any atom is 0.345 e. The van der Waals surface area contributed by atoms with Crippen LogP contribution < -0.4 is 0 Å². The van der Waals surface area contributed by atoms with E-state index in [9.17, 15) is 15.0 Å². The molecule has 0 amide bonds. The van der Waals surface area contributed by atoms with Gasteiger partial charge in [0.05, 0.1) is 0 Å². The van der Waals surface area contributed by atoms with Gasteiger partial charge >= 0.3 is 5.97 Å². The monoisotopic (exact) mass is 284 g/mol. The largest absolute Gasteiger partial charge is 0.479 e. The van der Waals surface area contributed by atoms with E-state index in [2.05, 4.69) is 0 Å². The lowest BCUT2D eigenvalue weighted by atomic mass is 9.81. The van der Waals surface area contributed by atoms with Crippen molar-refractivity contribution < 1.29 is 15.0 Å². The molecule has 0 aromatic heterocycles. The Labute approximate surface area is 124 Å². The van der Waals surface area contributed by atoms with E-state index < -0.39 is 11.6 Å². The van der Waals surface area contributed by atoms with E-state index in [1.165, 1.54) is 0 Å². The van der Waals surface area contributed by atoms with Crippen molar-refractivity contribution in [2.24, 2.45) is 0 Å². The normalized spacial score (nSPS) is 13.7. The van der Waals surface area contributed by atoms with Crippen LogP contribution in [-0.2, 0) is 23.2 Å². The fourth-order valence-corrected chi connectivity index (χ4v) is 2.80. The predicted octanol–water partition coefficient (Wildman–Crippen LogP) is 3.13. The van der Waals surface area contributed by atoms with Crippen molar-refractivity contribution in [3.8, 4) is 0 Å². The van der Waals surface area contributed by atoms with Gasteiger partial charge in [0.1, 0.15) is 0 Å². The summed E-state index contributed by atoms with van der Waals surface area (Å²) in [4.78, 5) is 11.8. The number of carbonyl (C=O) groups is 1. The summed E-state index contributed by atoms with van der Waals surface area (Å²) in [5.74, 6) is -1.25. The van der Waals surface area contributed by atoms with Crippen molar-refractivity contribution in [1.29, 1.82) is 0 Å². The van der Waals surface area contributed by atoms with E-state index in [1.807, 2.05) is 26.0 Å². The fraction of sp³-hybridized carbons (Fsp3) is 0.278. The Kier molecular flexibility index (Phi) is 4.43. The molecule has 3 nitrogen and oxygen atoms in total. The number of aliphatic hydroxyl groups is 1. The average Bonchev–Trinajstić information content (AvgIpc) is 2.53. The van der Waals surface area contributed by atoms with Crippen LogP contribution in [0.2, 0.25) is 0 Å². The van der Waals surface area contributed by atoms with Crippen LogP contribution in [0.1, 0.15) is 36.1 Å². The van der Waals surface area contributed by atoms with Gasteiger partial charge in [-0.05, 0) is 29.5 Å². The Balaban J connectivity index is 2.73. The number of hydrogen-bond donors (Lipinski definition) is 2. The van der Waals surface area contributed by atoms with Crippen LogP contribution >= 0.6 is 0 Å². The van der Waals surface area contributed by atoms with Gasteiger partial charge in [0, 0.05) is 5.56 Å². The fourth-order valence-electron chi connectivity index (χ4n) is 2.80. The SMILES string of the molecule is CCc1cccc(C(O)(C(=O)O)c2ccccc2)c1CC. The van der Waals surface area contributed by atoms with Crippen molar-refractivity contribution in [1.82, 2.24) is 0 Å². The molecular weight excluding hydrogens is 264 g/mol. The molecule has 110 valence electrons. The zero-order chi connectivity index (χ0) is 15.5. The molecule has 0 heterocycles. The maximum absolute atomic E-state index is 11.8. The highest BCUT2D eigenvalue weighted by Crippen LogP contribution is 2.34. The summed E-state index contributed by atoms with van der Waals surface area (Å²) in [6.45, 7) is 4.01. The molecule has 2 aromatic rings. The predicted molar refractivity (Wildman–Crippen MR) is 82.3 cm³/mol. The lowest BCUT2D eigenvalue weighted by Crippen LogP contribution is -2.38. The Morgan fingerprint density at radius 2 is 1.67 bits per heavy atom. The van der Waals surface area contributed by atoms with E-state index in [-0.39, 0.29) is 0 Å². The van der Waals surface area contributed by atoms with E-state index >= 15 is 0 Å². The van der Waals surface area contributed by atoms with Crippen LogP contribution in [-0.4, -0.2) is 16.2 Å². The number of rotatable bonds is 5. The quantitative estimate of drug-likeness (QED) is 0.887. The highest BCUT2D eigenvalue weighted by atomic mass is 16.4. The highest BCUT2D eigenvalue weighted by molar-refractivity contribution is 5.84. The molecular formula is C18H20O3. The second kappa shape index (κ2) is 6.10. The minimum Gasteiger partial charge on any atom is -0.479 e. The first-order valence-electron chi connectivity index (χ1n) is 7.18. The molecule has 0 aliphatic rings. The van der Waals surface area contributed by atoms with E-state index in [0.717, 1.165) is 17.5 Å². The van der Waals surface area contributed by atoms with Gasteiger partial charge in [0.25, 0.3) is 0 Å². The number of carboxylic acid groups (broad SMARTS) is 1. The van der Waals surface area contributed by atoms with Gasteiger partial charge in [-0.1, -0.05) is 62.4 Å². The smallest absolute Gasteiger partial charge is 0.345 e. The lowest BCUT2D eigenvalue weighted by Gasteiger charge is -2.28. The van der Waals surface area contributed by atoms with Gasteiger partial charge in [-0.15, -0.1) is 0 Å². The number of benzene rings is 2. The van der Waals surface area contributed by atoms with Gasteiger partial charge in [-0.25, -0.2) is 4.79 Å². The van der Waals surface area contributed by atoms with Gasteiger partial charge < -0.3 is 10.2 Å². The van der Waals surface area contributed by atoms with Gasteiger partial charge in [0.15, 0.2) is 0 Å². The minimum absolute atomic E-state index is 0.375. The molecule has 2 aromatic carbocycles. The Morgan fingerprint density at radius 1 is 1.00 bits per heavy atom. The Morgan fingerprint density at radius 3 is 2.19 bits per heavy atom. The first kappa shape index (κ1) is 15.3. The molecule has 0 fully saturated rings. The molecule has 21 heavy (non-hydrogen) atoms. The average molecular weight is 284 g/mol. The van der Waals surface area contributed by atoms with Crippen molar-refractivity contribution in [3.05, 3.63) is 70.8 Å². The number of aliphatic carboxylic acids is 1. The number of aryl methyl sites for hydroxylation is 1. The van der Waals surface area contributed by atoms with Crippen LogP contribution in [0.15, 0.2) is 48.5 Å². The third kappa shape index (κ3) is 2.57. The molecule has 1 unspecified atom stereocenters. The lowest BCUT2D eigenvalue weighted by molar-refractivity contribution is -0.155. The number of carboxylic acids is 1. The Bertz CT molecular complexity index is 634. The summed E-state index contributed by atoms with van der Waals surface area (Å²) in [5.41, 5.74) is 0.806. The summed E-state index contributed by atoms with van der Waals surface area (Å²) >= 11 is 0. The van der Waals surface area contributed by atoms with Crippen molar-refractivity contribution in [2.75, 3.05) is 0 Å². The third-order valence-electron chi connectivity index (χ3n) is 3.90. The molecule has 0 radical (unpaired) electrons. The molecule has 1 atom stereocenters. The number of hydrogen-bond acceptors (Lipinski definition) is 2. The summed E-state index contributed by atoms with van der Waals surface area (Å²) in [6, 6.07) is 14.1. The molecule has 0 spiro atoms. The first-order chi connectivity index (χ1) is 10.1. The zero-order valence-corrected chi connectivity index (χ0v) is 12.3. The van der Waals surface area contributed by atoms with Gasteiger partial charge in [0.2, 0.25) is 5.60 Å². The summed E-state index contributed by atoms with van der Waals surface area (Å²) < 4.78 is 0. The van der Waals surface area contributed by atoms with Crippen LogP contribution in [0, 0.1) is 0 Å². The van der Waals surface area contributed by atoms with Crippen molar-refractivity contribution in [3.63, 3.8) is 0 Å². The molecule has 3 heteroatoms. The zero-order valence-electron chi connectivity index (χ0n) is 12.3. The standard InChI is InChI=1S/C18H20O3/c1-3-13-9-8-12-16(15(13)4-2)18(21,17(19)20)14-10-6-5-7-11-14/h5-12,21H,3-4H2,1-2H3,(H,19,20). The maximum atomic E-state index is 11.8. The third-order valence-corrected chi connectivity index (χ3v) is 3.90. The molecule has 0 aliphatic carbocycles. The molecule has 0 bridgehead atoms. The molecule has 2 N–H and O–H groups in total. The summed E-state index contributed by atoms with van der Waals surface area (Å²) in [6.07, 6.45) is 1.49. The summed E-state index contributed by atoms with van der Waals surface area (Å²) in [5, 5.41) is 20.6. The van der Waals surface area contributed by atoms with Crippen molar-refractivity contribution >= 4 is 5.97 Å². The van der Waals surface area contributed by atoms with Crippen LogP contribution in [0.3, 0.4) is 0 Å². The minimum atomic E-state index is -2.02. The van der Waals surface area contributed by atoms with Crippen molar-refractivity contribution in [2.45, 2.75) is 32.3 Å². The van der Waals surface area contributed by atoms with Crippen LogP contribution in [0.5, 0.6) is 0 Å². The topological polar surface area (TPSA) is 57.5 Å². The van der Waals surface area contributed by atoms with E-state index in [4.69, 9.17) is 0 Å². The molecule has 2 rings (SSSR count). The molecule has 0 saturated heterocycles. The van der Waals surface area contributed by atoms with E-state index in [1.54, 1.807) is 36.4 Å². The first-order valence-corrected chi connectivity index (χ1v) is 7.18. The van der Waals surface area contributed by atoms with E-state index in [0.29, 0.717) is 17.5 Å². The molecule has 0 saturated carbocycles. The molecule has 0 aliphatic heterocycles. The van der Waals surface area contributed by atoms with Gasteiger partial charge in [-0.2, -0.15) is 0 Å². The van der Waals surface area contributed by atoms with Crippen LogP contribution in [0.25, 0.3) is 0 Å².